The van der Waals surface area contributed by atoms with Gasteiger partial charge in [0.15, 0.2) is 10.9 Å². The highest BCUT2D eigenvalue weighted by atomic mass is 35.5. The highest BCUT2D eigenvalue weighted by molar-refractivity contribution is 7.80. The second-order valence-corrected chi connectivity index (χ2v) is 11.8. The molecule has 0 saturated heterocycles. The molecule has 0 aliphatic carbocycles. The van der Waals surface area contributed by atoms with Gasteiger partial charge in [-0.3, -0.25) is 30.2 Å². The Labute approximate surface area is 269 Å². The van der Waals surface area contributed by atoms with Crippen LogP contribution < -0.4 is 21.5 Å². The quantitative estimate of drug-likeness (QED) is 0.153. The first-order chi connectivity index (χ1) is 21.5. The van der Waals surface area contributed by atoms with Gasteiger partial charge in [-0.05, 0) is 79.0 Å². The highest BCUT2D eigenvalue weighted by Crippen LogP contribution is 2.38. The lowest BCUT2D eigenvalue weighted by molar-refractivity contribution is -0.129. The third kappa shape index (κ3) is 7.29. The van der Waals surface area contributed by atoms with E-state index in [4.69, 9.17) is 23.8 Å². The Hall–Kier alpha value is -4.42. The molecule has 1 aromatic heterocycles. The van der Waals surface area contributed by atoms with Crippen LogP contribution in [0.5, 0.6) is 0 Å². The first-order valence-corrected chi connectivity index (χ1v) is 15.2. The van der Waals surface area contributed by atoms with Gasteiger partial charge in [-0.15, -0.1) is 0 Å². The maximum atomic E-state index is 14.8. The van der Waals surface area contributed by atoms with Crippen molar-refractivity contribution in [3.63, 3.8) is 0 Å². The molecule has 0 fully saturated rings. The van der Waals surface area contributed by atoms with Crippen LogP contribution in [0.4, 0.5) is 20.2 Å². The Bertz CT molecular complexity index is 1720. The van der Waals surface area contributed by atoms with Crippen LogP contribution in [0.25, 0.3) is 16.7 Å². The van der Waals surface area contributed by atoms with E-state index in [2.05, 4.69) is 26.5 Å². The molecule has 0 unspecified atom stereocenters. The summed E-state index contributed by atoms with van der Waals surface area (Å²) >= 11 is 11.1. The molecule has 2 aliphatic rings. The van der Waals surface area contributed by atoms with Crippen LogP contribution in [0.15, 0.2) is 54.7 Å². The molecule has 9 nitrogen and oxygen atoms in total. The van der Waals surface area contributed by atoms with Crippen molar-refractivity contribution in [1.29, 1.82) is 0 Å². The number of aromatic nitrogens is 1. The minimum Gasteiger partial charge on any atom is -0.331 e. The summed E-state index contributed by atoms with van der Waals surface area (Å²) in [4.78, 5) is 44.3. The molecular weight excluding hydrogens is 622 g/mol. The molecule has 3 aromatic rings. The third-order valence-corrected chi connectivity index (χ3v) is 8.32. The second kappa shape index (κ2) is 13.7. The zero-order chi connectivity index (χ0) is 32.2. The molecule has 2 aromatic carbocycles. The number of fused-ring (bicyclic) bond motifs is 4. The molecule has 2 bridgehead atoms. The molecule has 3 heterocycles. The van der Waals surface area contributed by atoms with Crippen LogP contribution in [0.2, 0.25) is 5.02 Å². The fourth-order valence-electron chi connectivity index (χ4n) is 5.53. The first kappa shape index (κ1) is 32.0. The summed E-state index contributed by atoms with van der Waals surface area (Å²) in [6, 6.07) is 10.9. The smallest absolute Gasteiger partial charge is 0.247 e. The van der Waals surface area contributed by atoms with Crippen molar-refractivity contribution in [2.24, 2.45) is 5.92 Å². The molecule has 45 heavy (non-hydrogen) atoms. The van der Waals surface area contributed by atoms with Crippen LogP contribution in [0.3, 0.4) is 0 Å². The van der Waals surface area contributed by atoms with Gasteiger partial charge < -0.3 is 15.5 Å². The maximum absolute atomic E-state index is 14.8. The Morgan fingerprint density at radius 1 is 1.11 bits per heavy atom. The van der Waals surface area contributed by atoms with E-state index in [-0.39, 0.29) is 57.9 Å². The van der Waals surface area contributed by atoms with Crippen molar-refractivity contribution in [2.45, 2.75) is 45.6 Å². The van der Waals surface area contributed by atoms with Crippen LogP contribution >= 0.6 is 23.8 Å². The van der Waals surface area contributed by atoms with E-state index < -0.39 is 17.7 Å². The maximum Gasteiger partial charge on any atom is 0.247 e. The van der Waals surface area contributed by atoms with Gasteiger partial charge in [-0.2, -0.15) is 0 Å². The molecule has 4 N–H and O–H groups in total. The minimum absolute atomic E-state index is 0.161. The Morgan fingerprint density at radius 2 is 1.91 bits per heavy atom. The van der Waals surface area contributed by atoms with Gasteiger partial charge in [0.25, 0.3) is 0 Å². The standard InChI is InChI=1S/C32H31ClF2N6O3S/c1-17-4-3-5-27(41-13-11-20(15-28(41)43)29-24(34)9-8-23(33)30(29)35)26-14-19(10-12-36-26)22-7-6-21(16-25(22)38-31(17)44)37-32(45)40-39-18(2)42/h6-10,12,14-17,27H,3-5,11,13H2,1-2H3,(H,38,44)(H,39,42)(H2,37,40,45)/t17-,27+/m1/s1. The highest BCUT2D eigenvalue weighted by Gasteiger charge is 2.31. The first-order valence-electron chi connectivity index (χ1n) is 14.4. The van der Waals surface area contributed by atoms with Gasteiger partial charge in [0.1, 0.15) is 5.82 Å². The summed E-state index contributed by atoms with van der Waals surface area (Å²) in [5.41, 5.74) is 8.23. The summed E-state index contributed by atoms with van der Waals surface area (Å²) in [7, 11) is 0. The largest absolute Gasteiger partial charge is 0.331 e. The van der Waals surface area contributed by atoms with E-state index in [9.17, 15) is 23.2 Å². The van der Waals surface area contributed by atoms with E-state index in [1.165, 1.54) is 13.0 Å². The monoisotopic (exact) mass is 652 g/mol. The second-order valence-electron chi connectivity index (χ2n) is 11.0. The zero-order valence-electron chi connectivity index (χ0n) is 24.5. The number of halogens is 3. The molecule has 2 atom stereocenters. The van der Waals surface area contributed by atoms with Crippen LogP contribution in [-0.4, -0.2) is 39.3 Å². The Balaban J connectivity index is 1.48. The topological polar surface area (TPSA) is 115 Å². The molecule has 234 valence electrons. The van der Waals surface area contributed by atoms with Crippen LogP contribution in [0, 0.1) is 17.6 Å². The lowest BCUT2D eigenvalue weighted by atomic mass is 9.92. The summed E-state index contributed by atoms with van der Waals surface area (Å²) in [5.74, 6) is -2.85. The van der Waals surface area contributed by atoms with Gasteiger partial charge in [0, 0.05) is 42.9 Å². The van der Waals surface area contributed by atoms with E-state index in [0.717, 1.165) is 23.3 Å². The molecule has 0 spiro atoms. The fourth-order valence-corrected chi connectivity index (χ4v) is 5.86. The SMILES string of the molecule is CC(=O)NNC(=S)Nc1ccc2c(c1)NC(=O)[C@H](C)CCC[C@H](N1CCC(c3c(F)ccc(Cl)c3F)=CC1=O)c1cc-2ccn1. The summed E-state index contributed by atoms with van der Waals surface area (Å²) < 4.78 is 29.3. The number of hydrogen-bond acceptors (Lipinski definition) is 5. The number of carbonyl (C=O) groups excluding carboxylic acids is 3. The minimum atomic E-state index is -0.889. The average molecular weight is 653 g/mol. The zero-order valence-corrected chi connectivity index (χ0v) is 26.1. The summed E-state index contributed by atoms with van der Waals surface area (Å²) in [6.07, 6.45) is 4.88. The average Bonchev–Trinajstić information content (AvgIpc) is 3.00. The van der Waals surface area contributed by atoms with Crippen molar-refractivity contribution in [2.75, 3.05) is 17.2 Å². The number of hydrogen-bond donors (Lipinski definition) is 4. The Kier molecular flexibility index (Phi) is 9.74. The molecule has 2 aliphatic heterocycles. The van der Waals surface area contributed by atoms with Gasteiger partial charge in [-0.1, -0.05) is 31.0 Å². The number of hydrazine groups is 1. The Morgan fingerprint density at radius 3 is 2.67 bits per heavy atom. The van der Waals surface area contributed by atoms with Crippen molar-refractivity contribution in [1.82, 2.24) is 20.7 Å². The number of nitrogens with one attached hydrogen (secondary N) is 4. The van der Waals surface area contributed by atoms with E-state index >= 15 is 0 Å². The lowest BCUT2D eigenvalue weighted by Gasteiger charge is -2.34. The van der Waals surface area contributed by atoms with Crippen molar-refractivity contribution in [3.05, 3.63) is 82.7 Å². The predicted octanol–water partition coefficient (Wildman–Crippen LogP) is 6.13. The molecule has 13 heteroatoms. The number of carbonyl (C=O) groups is 3. The van der Waals surface area contributed by atoms with Crippen LogP contribution in [0.1, 0.15) is 56.8 Å². The summed E-state index contributed by atoms with van der Waals surface area (Å²) in [6.45, 7) is 3.41. The predicted molar refractivity (Wildman–Crippen MR) is 173 cm³/mol. The van der Waals surface area contributed by atoms with Gasteiger partial charge in [0.05, 0.1) is 28.0 Å². The number of benzene rings is 2. The van der Waals surface area contributed by atoms with Crippen molar-refractivity contribution >= 4 is 63.6 Å². The number of amides is 3. The molecule has 0 saturated carbocycles. The van der Waals surface area contributed by atoms with Gasteiger partial charge in [-0.25, -0.2) is 8.78 Å². The van der Waals surface area contributed by atoms with Crippen molar-refractivity contribution < 1.29 is 23.2 Å². The number of nitrogens with zero attached hydrogens (tertiary/aromatic N) is 2. The third-order valence-electron chi connectivity index (χ3n) is 7.83. The fraction of sp³-hybridized carbons (Fsp3) is 0.281. The van der Waals surface area contributed by atoms with Gasteiger partial charge in [0.2, 0.25) is 17.7 Å². The number of pyridine rings is 1. The normalized spacial score (nSPS) is 18.4. The van der Waals surface area contributed by atoms with Crippen molar-refractivity contribution in [3.8, 4) is 11.1 Å². The van der Waals surface area contributed by atoms with Crippen LogP contribution in [-0.2, 0) is 14.4 Å². The molecular formula is C32H31ClF2N6O3S. The number of anilines is 2. The van der Waals surface area contributed by atoms with E-state index in [1.807, 2.05) is 25.1 Å². The molecule has 3 amide bonds. The van der Waals surface area contributed by atoms with E-state index in [1.54, 1.807) is 23.2 Å². The summed E-state index contributed by atoms with van der Waals surface area (Å²) in [5, 5.41) is 5.97. The number of thiocarbonyl (C=S) groups is 1. The van der Waals surface area contributed by atoms with E-state index in [0.29, 0.717) is 36.3 Å². The molecule has 0 radical (unpaired) electrons. The molecule has 5 rings (SSSR count). The lowest BCUT2D eigenvalue weighted by Crippen LogP contribution is -2.42. The van der Waals surface area contributed by atoms with Gasteiger partial charge >= 0.3 is 0 Å². The number of rotatable bonds is 3.